The van der Waals surface area contributed by atoms with Gasteiger partial charge in [-0.3, -0.25) is 14.5 Å². The van der Waals surface area contributed by atoms with E-state index in [0.29, 0.717) is 13.0 Å². The Labute approximate surface area is 149 Å². The van der Waals surface area contributed by atoms with Gasteiger partial charge in [-0.2, -0.15) is 0 Å². The van der Waals surface area contributed by atoms with E-state index in [4.69, 9.17) is 0 Å². The highest BCUT2D eigenvalue weighted by Gasteiger charge is 2.29. The van der Waals surface area contributed by atoms with Gasteiger partial charge >= 0.3 is 5.97 Å². The molecule has 1 unspecified atom stereocenters. The Hall–Kier alpha value is -1.59. The molecule has 24 heavy (non-hydrogen) atoms. The third-order valence-electron chi connectivity index (χ3n) is 4.28. The summed E-state index contributed by atoms with van der Waals surface area (Å²) in [5, 5.41) is 12.1. The molecule has 1 fully saturated rings. The number of anilines is 1. The first-order chi connectivity index (χ1) is 10.8. The summed E-state index contributed by atoms with van der Waals surface area (Å²) in [5.74, 6) is -1.01. The Bertz CT molecular complexity index is 567. The van der Waals surface area contributed by atoms with Crippen molar-refractivity contribution in [1.29, 1.82) is 0 Å². The zero-order valence-electron chi connectivity index (χ0n) is 14.5. The lowest BCUT2D eigenvalue weighted by atomic mass is 9.87. The van der Waals surface area contributed by atoms with Crippen LogP contribution < -0.4 is 5.32 Å². The molecular weight excluding hydrogens is 328 g/mol. The minimum Gasteiger partial charge on any atom is -0.480 e. The topological polar surface area (TPSA) is 69.6 Å². The number of hydrogen-bond acceptors (Lipinski definition) is 3. The average Bonchev–Trinajstić information content (AvgIpc) is 2.47. The number of carbonyl (C=O) groups excluding carboxylic acids is 1. The van der Waals surface area contributed by atoms with Crippen molar-refractivity contribution in [3.8, 4) is 0 Å². The van der Waals surface area contributed by atoms with Gasteiger partial charge in [0.25, 0.3) is 0 Å². The molecule has 1 saturated heterocycles. The molecule has 1 aliphatic heterocycles. The van der Waals surface area contributed by atoms with Crippen molar-refractivity contribution in [2.24, 2.45) is 0 Å². The summed E-state index contributed by atoms with van der Waals surface area (Å²) in [5.41, 5.74) is 2.02. The van der Waals surface area contributed by atoms with Gasteiger partial charge in [0, 0.05) is 5.69 Å². The Balaban J connectivity index is 0.00000288. The molecule has 1 amide bonds. The fourth-order valence-electron chi connectivity index (χ4n) is 2.90. The van der Waals surface area contributed by atoms with E-state index in [1.807, 2.05) is 24.3 Å². The van der Waals surface area contributed by atoms with Gasteiger partial charge in [0.1, 0.15) is 6.04 Å². The first-order valence-electron chi connectivity index (χ1n) is 8.14. The SMILES string of the molecule is CC(C)(C)c1ccc(NC(=O)CN2CCCCC2C(=O)O)cc1.Cl. The molecule has 1 aromatic carbocycles. The zero-order valence-corrected chi connectivity index (χ0v) is 15.4. The van der Waals surface area contributed by atoms with E-state index in [1.165, 1.54) is 5.56 Å². The average molecular weight is 355 g/mol. The second-order valence-electron chi connectivity index (χ2n) is 7.20. The molecular formula is C18H27ClN2O3. The summed E-state index contributed by atoms with van der Waals surface area (Å²) in [6.45, 7) is 7.21. The molecule has 0 saturated carbocycles. The van der Waals surface area contributed by atoms with Gasteiger partial charge in [-0.25, -0.2) is 0 Å². The van der Waals surface area contributed by atoms with Crippen molar-refractivity contribution in [1.82, 2.24) is 4.90 Å². The van der Waals surface area contributed by atoms with Crippen LogP contribution in [0.25, 0.3) is 0 Å². The minimum absolute atomic E-state index is 0. The molecule has 2 N–H and O–H groups in total. The molecule has 5 nitrogen and oxygen atoms in total. The van der Waals surface area contributed by atoms with E-state index < -0.39 is 12.0 Å². The smallest absolute Gasteiger partial charge is 0.320 e. The number of carboxylic acids is 1. The van der Waals surface area contributed by atoms with Gasteiger partial charge in [0.2, 0.25) is 5.91 Å². The Kier molecular flexibility index (Phi) is 7.24. The van der Waals surface area contributed by atoms with Crippen molar-refractivity contribution in [3.05, 3.63) is 29.8 Å². The number of piperidine rings is 1. The van der Waals surface area contributed by atoms with Gasteiger partial charge in [-0.05, 0) is 42.5 Å². The van der Waals surface area contributed by atoms with Gasteiger partial charge in [-0.15, -0.1) is 12.4 Å². The zero-order chi connectivity index (χ0) is 17.0. The number of aliphatic carboxylic acids is 1. The summed E-state index contributed by atoms with van der Waals surface area (Å²) in [6.07, 6.45) is 2.46. The van der Waals surface area contributed by atoms with Crippen molar-refractivity contribution in [2.45, 2.75) is 51.5 Å². The quantitative estimate of drug-likeness (QED) is 0.870. The van der Waals surface area contributed by atoms with E-state index in [9.17, 15) is 14.7 Å². The standard InChI is InChI=1S/C18H26N2O3.ClH/c1-18(2,3)13-7-9-14(10-8-13)19-16(21)12-20-11-5-4-6-15(20)17(22)23;/h7-10,15H,4-6,11-12H2,1-3H3,(H,19,21)(H,22,23);1H. The second kappa shape index (κ2) is 8.49. The van der Waals surface area contributed by atoms with Crippen LogP contribution in [0.4, 0.5) is 5.69 Å². The number of carbonyl (C=O) groups is 2. The lowest BCUT2D eigenvalue weighted by molar-refractivity contribution is -0.145. The number of rotatable bonds is 4. The minimum atomic E-state index is -0.841. The number of hydrogen-bond donors (Lipinski definition) is 2. The highest BCUT2D eigenvalue weighted by Crippen LogP contribution is 2.23. The molecule has 0 aliphatic carbocycles. The van der Waals surface area contributed by atoms with E-state index in [2.05, 4.69) is 26.1 Å². The summed E-state index contributed by atoms with van der Waals surface area (Å²) >= 11 is 0. The van der Waals surface area contributed by atoms with Crippen LogP contribution in [0.15, 0.2) is 24.3 Å². The van der Waals surface area contributed by atoms with E-state index in [-0.39, 0.29) is 30.3 Å². The lowest BCUT2D eigenvalue weighted by Crippen LogP contribution is -2.47. The van der Waals surface area contributed by atoms with Gasteiger partial charge < -0.3 is 10.4 Å². The highest BCUT2D eigenvalue weighted by atomic mass is 35.5. The number of halogens is 1. The van der Waals surface area contributed by atoms with Crippen molar-refractivity contribution in [3.63, 3.8) is 0 Å². The monoisotopic (exact) mass is 354 g/mol. The molecule has 0 bridgehead atoms. The molecule has 1 atom stereocenters. The molecule has 1 heterocycles. The number of carboxylic acid groups (broad SMARTS) is 1. The molecule has 6 heteroatoms. The molecule has 2 rings (SSSR count). The van der Waals surface area contributed by atoms with Crippen molar-refractivity contribution >= 4 is 30.0 Å². The Morgan fingerprint density at radius 2 is 1.83 bits per heavy atom. The Morgan fingerprint density at radius 1 is 1.21 bits per heavy atom. The Morgan fingerprint density at radius 3 is 2.38 bits per heavy atom. The predicted octanol–water partition coefficient (Wildman–Crippen LogP) is 3.28. The molecule has 1 aromatic rings. The molecule has 0 radical (unpaired) electrons. The third kappa shape index (κ3) is 5.49. The maximum absolute atomic E-state index is 12.2. The van der Waals surface area contributed by atoms with Crippen LogP contribution in [0, 0.1) is 0 Å². The van der Waals surface area contributed by atoms with Crippen molar-refractivity contribution < 1.29 is 14.7 Å². The van der Waals surface area contributed by atoms with Crippen LogP contribution in [0.1, 0.15) is 45.6 Å². The fraction of sp³-hybridized carbons (Fsp3) is 0.556. The maximum Gasteiger partial charge on any atom is 0.320 e. The van der Waals surface area contributed by atoms with Crippen LogP contribution in [0.5, 0.6) is 0 Å². The van der Waals surface area contributed by atoms with E-state index >= 15 is 0 Å². The van der Waals surface area contributed by atoms with E-state index in [0.717, 1.165) is 18.5 Å². The van der Waals surface area contributed by atoms with Crippen LogP contribution >= 0.6 is 12.4 Å². The summed E-state index contributed by atoms with van der Waals surface area (Å²) in [7, 11) is 0. The van der Waals surface area contributed by atoms with Crippen LogP contribution in [0.2, 0.25) is 0 Å². The molecule has 134 valence electrons. The van der Waals surface area contributed by atoms with Gasteiger partial charge in [0.05, 0.1) is 6.54 Å². The number of nitrogens with zero attached hydrogens (tertiary/aromatic N) is 1. The van der Waals surface area contributed by atoms with Crippen LogP contribution in [-0.2, 0) is 15.0 Å². The second-order valence-corrected chi connectivity index (χ2v) is 7.20. The normalized spacial score (nSPS) is 18.5. The first-order valence-corrected chi connectivity index (χ1v) is 8.14. The molecule has 1 aliphatic rings. The van der Waals surface area contributed by atoms with Gasteiger partial charge in [0.15, 0.2) is 0 Å². The van der Waals surface area contributed by atoms with Crippen molar-refractivity contribution in [2.75, 3.05) is 18.4 Å². The number of likely N-dealkylation sites (tertiary alicyclic amines) is 1. The number of amides is 1. The maximum atomic E-state index is 12.2. The fourth-order valence-corrected chi connectivity index (χ4v) is 2.90. The van der Waals surface area contributed by atoms with E-state index in [1.54, 1.807) is 4.90 Å². The summed E-state index contributed by atoms with van der Waals surface area (Å²) in [6, 6.07) is 7.26. The highest BCUT2D eigenvalue weighted by molar-refractivity contribution is 5.92. The molecule has 0 aromatic heterocycles. The summed E-state index contributed by atoms with van der Waals surface area (Å²) in [4.78, 5) is 25.2. The molecule has 0 spiro atoms. The van der Waals surface area contributed by atoms with Gasteiger partial charge in [-0.1, -0.05) is 39.3 Å². The van der Waals surface area contributed by atoms with Crippen LogP contribution in [-0.4, -0.2) is 41.0 Å². The largest absolute Gasteiger partial charge is 0.480 e. The summed E-state index contributed by atoms with van der Waals surface area (Å²) < 4.78 is 0. The van der Waals surface area contributed by atoms with Crippen LogP contribution in [0.3, 0.4) is 0 Å². The predicted molar refractivity (Wildman–Crippen MR) is 97.9 cm³/mol. The lowest BCUT2D eigenvalue weighted by Gasteiger charge is -2.32. The third-order valence-corrected chi connectivity index (χ3v) is 4.28. The first kappa shape index (κ1) is 20.5. The number of nitrogens with one attached hydrogen (secondary N) is 1. The number of benzene rings is 1.